The summed E-state index contributed by atoms with van der Waals surface area (Å²) in [6.07, 6.45) is 6.41. The number of nitrogens with one attached hydrogen (secondary N) is 2. The molecule has 2 N–H and O–H groups in total. The SMILES string of the molecule is Cc1nn2cccnc2c1C(=O)NC(C)c1cc2cccc(NC(=O)c3cnn(C)c3)c2c(=O)n1-c1ccccc1. The zero-order valence-electron chi connectivity index (χ0n) is 22.6. The lowest BCUT2D eigenvalue weighted by molar-refractivity contribution is 0.0938. The molecule has 1 unspecified atom stereocenters. The van der Waals surface area contributed by atoms with Crippen LogP contribution in [0.25, 0.3) is 22.1 Å². The summed E-state index contributed by atoms with van der Waals surface area (Å²) in [6.45, 7) is 3.58. The predicted octanol–water partition coefficient (Wildman–Crippen LogP) is 3.82. The van der Waals surface area contributed by atoms with E-state index in [0.29, 0.717) is 50.3 Å². The second kappa shape index (κ2) is 10.2. The molecular weight excluding hydrogens is 520 g/mol. The summed E-state index contributed by atoms with van der Waals surface area (Å²) >= 11 is 0. The molecule has 0 aliphatic rings. The zero-order chi connectivity index (χ0) is 28.7. The van der Waals surface area contributed by atoms with E-state index >= 15 is 0 Å². The van der Waals surface area contributed by atoms with E-state index in [2.05, 4.69) is 25.8 Å². The fourth-order valence-corrected chi connectivity index (χ4v) is 4.99. The maximum atomic E-state index is 14.2. The molecule has 1 atom stereocenters. The average Bonchev–Trinajstić information content (AvgIpc) is 3.55. The number of pyridine rings is 1. The van der Waals surface area contributed by atoms with E-state index in [-0.39, 0.29) is 17.4 Å². The van der Waals surface area contributed by atoms with E-state index in [4.69, 9.17) is 0 Å². The van der Waals surface area contributed by atoms with Crippen molar-refractivity contribution < 1.29 is 9.59 Å². The van der Waals surface area contributed by atoms with Gasteiger partial charge in [0, 0.05) is 37.0 Å². The average molecular weight is 547 g/mol. The van der Waals surface area contributed by atoms with Gasteiger partial charge in [-0.1, -0.05) is 30.3 Å². The van der Waals surface area contributed by atoms with Gasteiger partial charge in [-0.3, -0.25) is 23.6 Å². The van der Waals surface area contributed by atoms with Crippen molar-refractivity contribution in [2.45, 2.75) is 19.9 Å². The topological polar surface area (TPSA) is 128 Å². The normalized spacial score (nSPS) is 12.0. The van der Waals surface area contributed by atoms with Crippen LogP contribution in [0.2, 0.25) is 0 Å². The van der Waals surface area contributed by atoms with Gasteiger partial charge in [-0.2, -0.15) is 10.2 Å². The Morgan fingerprint density at radius 2 is 1.80 bits per heavy atom. The van der Waals surface area contributed by atoms with Crippen LogP contribution >= 0.6 is 0 Å². The van der Waals surface area contributed by atoms with Gasteiger partial charge in [-0.25, -0.2) is 9.50 Å². The number of aryl methyl sites for hydroxylation is 2. The van der Waals surface area contributed by atoms with Gasteiger partial charge in [0.2, 0.25) is 0 Å². The summed E-state index contributed by atoms with van der Waals surface area (Å²) in [4.78, 5) is 44.9. The number of hydrogen-bond acceptors (Lipinski definition) is 6. The highest BCUT2D eigenvalue weighted by atomic mass is 16.2. The Hall–Kier alpha value is -5.58. The maximum Gasteiger partial charge on any atom is 0.265 e. The first kappa shape index (κ1) is 25.7. The number of aromatic nitrogens is 6. The molecule has 0 saturated carbocycles. The Labute approximate surface area is 234 Å². The molecule has 0 saturated heterocycles. The summed E-state index contributed by atoms with van der Waals surface area (Å²) in [7, 11) is 1.72. The highest BCUT2D eigenvalue weighted by Gasteiger charge is 2.24. The smallest absolute Gasteiger partial charge is 0.265 e. The second-order valence-corrected chi connectivity index (χ2v) is 9.72. The fourth-order valence-electron chi connectivity index (χ4n) is 4.99. The molecule has 6 rings (SSSR count). The Balaban J connectivity index is 1.45. The fraction of sp³-hybridized carbons (Fsp3) is 0.133. The summed E-state index contributed by atoms with van der Waals surface area (Å²) in [6, 6.07) is 17.5. The lowest BCUT2D eigenvalue weighted by atomic mass is 10.1. The predicted molar refractivity (Wildman–Crippen MR) is 154 cm³/mol. The standard InChI is InChI=1S/C30H26N8O3/c1-18(33-29(40)25-19(2)35-37-14-8-13-31-27(25)37)24-15-20-9-7-12-23(34-28(39)21-16-32-36(3)17-21)26(20)30(41)38(24)22-10-5-4-6-11-22/h4-18H,1-3H3,(H,33,40)(H,34,39). The molecule has 6 aromatic rings. The third kappa shape index (κ3) is 4.63. The van der Waals surface area contributed by atoms with Crippen molar-refractivity contribution in [1.82, 2.24) is 34.3 Å². The van der Waals surface area contributed by atoms with Gasteiger partial charge in [-0.05, 0) is 49.6 Å². The molecular formula is C30H26N8O3. The third-order valence-electron chi connectivity index (χ3n) is 6.89. The number of anilines is 1. The van der Waals surface area contributed by atoms with E-state index in [1.165, 1.54) is 10.9 Å². The van der Waals surface area contributed by atoms with Crippen LogP contribution in [0, 0.1) is 6.92 Å². The zero-order valence-corrected chi connectivity index (χ0v) is 22.6. The Morgan fingerprint density at radius 1 is 1.00 bits per heavy atom. The van der Waals surface area contributed by atoms with Crippen molar-refractivity contribution in [2.24, 2.45) is 7.05 Å². The summed E-state index contributed by atoms with van der Waals surface area (Å²) in [5, 5.41) is 15.3. The molecule has 204 valence electrons. The van der Waals surface area contributed by atoms with Crippen LogP contribution in [0.4, 0.5) is 5.69 Å². The number of fused-ring (bicyclic) bond motifs is 2. The minimum atomic E-state index is -0.577. The lowest BCUT2D eigenvalue weighted by Gasteiger charge is -2.21. The number of hydrogen-bond donors (Lipinski definition) is 2. The van der Waals surface area contributed by atoms with Crippen molar-refractivity contribution in [1.29, 1.82) is 0 Å². The first-order chi connectivity index (χ1) is 19.8. The van der Waals surface area contributed by atoms with Gasteiger partial charge in [0.1, 0.15) is 5.56 Å². The van der Waals surface area contributed by atoms with Crippen molar-refractivity contribution in [3.05, 3.63) is 118 Å². The Bertz CT molecular complexity index is 2010. The molecule has 4 heterocycles. The molecule has 2 amide bonds. The van der Waals surface area contributed by atoms with Gasteiger partial charge in [0.05, 0.1) is 34.6 Å². The molecule has 4 aromatic heterocycles. The van der Waals surface area contributed by atoms with Crippen molar-refractivity contribution in [2.75, 3.05) is 5.32 Å². The maximum absolute atomic E-state index is 14.2. The van der Waals surface area contributed by atoms with Gasteiger partial charge < -0.3 is 10.6 Å². The molecule has 0 bridgehead atoms. The Kier molecular flexibility index (Phi) is 6.38. The van der Waals surface area contributed by atoms with Crippen molar-refractivity contribution in [3.63, 3.8) is 0 Å². The van der Waals surface area contributed by atoms with Crippen LogP contribution in [-0.4, -0.2) is 40.8 Å². The minimum Gasteiger partial charge on any atom is -0.344 e. The lowest BCUT2D eigenvalue weighted by Crippen LogP contribution is -2.32. The molecule has 0 fully saturated rings. The molecule has 11 nitrogen and oxygen atoms in total. The summed E-state index contributed by atoms with van der Waals surface area (Å²) < 4.78 is 4.66. The minimum absolute atomic E-state index is 0.333. The number of rotatable bonds is 6. The number of carbonyl (C=O) groups excluding carboxylic acids is 2. The molecule has 41 heavy (non-hydrogen) atoms. The van der Waals surface area contributed by atoms with Crippen LogP contribution in [0.15, 0.2) is 90.2 Å². The highest BCUT2D eigenvalue weighted by Crippen LogP contribution is 2.26. The van der Waals surface area contributed by atoms with E-state index in [0.717, 1.165) is 0 Å². The monoisotopic (exact) mass is 546 g/mol. The van der Waals surface area contributed by atoms with Crippen LogP contribution in [-0.2, 0) is 7.05 Å². The molecule has 11 heteroatoms. The van der Waals surface area contributed by atoms with E-state index in [9.17, 15) is 14.4 Å². The largest absolute Gasteiger partial charge is 0.344 e. The summed E-state index contributed by atoms with van der Waals surface area (Å²) in [5.41, 5.74) is 2.97. The molecule has 0 radical (unpaired) electrons. The van der Waals surface area contributed by atoms with Crippen LogP contribution in [0.1, 0.15) is 45.1 Å². The summed E-state index contributed by atoms with van der Waals surface area (Å²) in [5.74, 6) is -0.730. The van der Waals surface area contributed by atoms with Crippen LogP contribution in [0.5, 0.6) is 0 Å². The van der Waals surface area contributed by atoms with Gasteiger partial charge in [0.25, 0.3) is 17.4 Å². The molecule has 0 aliphatic carbocycles. The third-order valence-corrected chi connectivity index (χ3v) is 6.89. The number of nitrogens with zero attached hydrogens (tertiary/aromatic N) is 6. The van der Waals surface area contributed by atoms with E-state index in [1.807, 2.05) is 49.4 Å². The van der Waals surface area contributed by atoms with Crippen LogP contribution < -0.4 is 16.2 Å². The number of carbonyl (C=O) groups is 2. The van der Waals surface area contributed by atoms with Gasteiger partial charge in [0.15, 0.2) is 5.65 Å². The number of para-hydroxylation sites is 1. The molecule has 0 spiro atoms. The van der Waals surface area contributed by atoms with E-state index < -0.39 is 6.04 Å². The first-order valence-electron chi connectivity index (χ1n) is 13.0. The number of amides is 2. The second-order valence-electron chi connectivity index (χ2n) is 9.72. The van der Waals surface area contributed by atoms with Crippen LogP contribution in [0.3, 0.4) is 0 Å². The van der Waals surface area contributed by atoms with E-state index in [1.54, 1.807) is 59.8 Å². The van der Waals surface area contributed by atoms with Crippen molar-refractivity contribution >= 4 is 33.9 Å². The number of benzene rings is 2. The van der Waals surface area contributed by atoms with Crippen molar-refractivity contribution in [3.8, 4) is 5.69 Å². The quantitative estimate of drug-likeness (QED) is 0.327. The van der Waals surface area contributed by atoms with Gasteiger partial charge in [-0.15, -0.1) is 0 Å². The first-order valence-corrected chi connectivity index (χ1v) is 13.0. The molecule has 0 aliphatic heterocycles. The molecule has 2 aromatic carbocycles. The highest BCUT2D eigenvalue weighted by molar-refractivity contribution is 6.09. The Morgan fingerprint density at radius 3 is 2.56 bits per heavy atom. The van der Waals surface area contributed by atoms with Gasteiger partial charge >= 0.3 is 0 Å².